The van der Waals surface area contributed by atoms with Gasteiger partial charge in [0.2, 0.25) is 11.7 Å². The summed E-state index contributed by atoms with van der Waals surface area (Å²) in [6.07, 6.45) is 0. The molecule has 0 saturated carbocycles. The first-order valence-corrected chi connectivity index (χ1v) is 6.42. The number of hydrogen-bond donors (Lipinski definition) is 1. The number of hydrogen-bond acceptors (Lipinski definition) is 3. The first-order chi connectivity index (χ1) is 8.49. The highest BCUT2D eigenvalue weighted by molar-refractivity contribution is 9.09. The number of carbonyl (C=O) groups is 1. The Morgan fingerprint density at radius 2 is 2.06 bits per heavy atom. The van der Waals surface area contributed by atoms with Crippen molar-refractivity contribution in [3.8, 4) is 11.5 Å². The zero-order valence-corrected chi connectivity index (χ0v) is 11.7. The van der Waals surface area contributed by atoms with Gasteiger partial charge < -0.3 is 9.52 Å². The van der Waals surface area contributed by atoms with Crippen LogP contribution >= 0.6 is 27.5 Å². The van der Waals surface area contributed by atoms with Crippen LogP contribution in [0.5, 0.6) is 0 Å². The highest BCUT2D eigenvalue weighted by atomic mass is 79.9. The van der Waals surface area contributed by atoms with Gasteiger partial charge >= 0.3 is 5.97 Å². The van der Waals surface area contributed by atoms with Crippen LogP contribution in [0.3, 0.4) is 0 Å². The van der Waals surface area contributed by atoms with Crippen molar-refractivity contribution in [3.05, 3.63) is 40.7 Å². The third-order valence-electron chi connectivity index (χ3n) is 2.32. The molecule has 1 unspecified atom stereocenters. The SMILES string of the molecule is CC(Br)c1nc(-c2ccc(Cl)cc2)oc1C(=O)O. The van der Waals surface area contributed by atoms with E-state index in [0.717, 1.165) is 0 Å². The molecule has 1 aromatic heterocycles. The molecule has 0 aliphatic carbocycles. The summed E-state index contributed by atoms with van der Waals surface area (Å²) in [5.41, 5.74) is 1.05. The van der Waals surface area contributed by atoms with Crippen LogP contribution in [0.15, 0.2) is 28.7 Å². The largest absolute Gasteiger partial charge is 0.475 e. The molecule has 2 aromatic rings. The van der Waals surface area contributed by atoms with E-state index >= 15 is 0 Å². The van der Waals surface area contributed by atoms with E-state index in [1.54, 1.807) is 31.2 Å². The van der Waals surface area contributed by atoms with Crippen molar-refractivity contribution in [1.29, 1.82) is 0 Å². The van der Waals surface area contributed by atoms with Gasteiger partial charge in [-0.2, -0.15) is 0 Å². The second-order valence-electron chi connectivity index (χ2n) is 3.66. The van der Waals surface area contributed by atoms with Crippen LogP contribution in [-0.4, -0.2) is 16.1 Å². The van der Waals surface area contributed by atoms with Gasteiger partial charge in [0.15, 0.2) is 0 Å². The molecule has 0 aliphatic rings. The molecule has 18 heavy (non-hydrogen) atoms. The first kappa shape index (κ1) is 13.1. The molecule has 2 rings (SSSR count). The van der Waals surface area contributed by atoms with Crippen LogP contribution in [0.2, 0.25) is 5.02 Å². The lowest BCUT2D eigenvalue weighted by Gasteiger charge is -1.96. The molecule has 1 atom stereocenters. The second-order valence-corrected chi connectivity index (χ2v) is 5.47. The predicted octanol–water partition coefficient (Wildman–Crippen LogP) is 4.15. The number of oxazole rings is 1. The maximum Gasteiger partial charge on any atom is 0.373 e. The van der Waals surface area contributed by atoms with Crippen LogP contribution < -0.4 is 0 Å². The van der Waals surface area contributed by atoms with Crippen molar-refractivity contribution >= 4 is 33.5 Å². The summed E-state index contributed by atoms with van der Waals surface area (Å²) in [6.45, 7) is 1.79. The minimum Gasteiger partial charge on any atom is -0.475 e. The van der Waals surface area contributed by atoms with Gasteiger partial charge in [-0.1, -0.05) is 27.5 Å². The second kappa shape index (κ2) is 5.12. The molecular formula is C12H9BrClNO3. The molecular weight excluding hydrogens is 321 g/mol. The summed E-state index contributed by atoms with van der Waals surface area (Å²) in [7, 11) is 0. The third kappa shape index (κ3) is 2.57. The van der Waals surface area contributed by atoms with Crippen molar-refractivity contribution < 1.29 is 14.3 Å². The zero-order valence-electron chi connectivity index (χ0n) is 9.35. The summed E-state index contributed by atoms with van der Waals surface area (Å²) in [5.74, 6) is -1.02. The van der Waals surface area contributed by atoms with E-state index in [4.69, 9.17) is 21.1 Å². The van der Waals surface area contributed by atoms with E-state index < -0.39 is 5.97 Å². The summed E-state index contributed by atoms with van der Waals surface area (Å²) in [4.78, 5) is 15.0. The molecule has 6 heteroatoms. The topological polar surface area (TPSA) is 63.3 Å². The van der Waals surface area contributed by atoms with Gasteiger partial charge in [0.1, 0.15) is 5.69 Å². The normalized spacial score (nSPS) is 12.4. The molecule has 4 nitrogen and oxygen atoms in total. The van der Waals surface area contributed by atoms with Crippen LogP contribution in [0.25, 0.3) is 11.5 Å². The Morgan fingerprint density at radius 1 is 1.44 bits per heavy atom. The van der Waals surface area contributed by atoms with Gasteiger partial charge in [-0.3, -0.25) is 0 Å². The number of aromatic nitrogens is 1. The molecule has 0 bridgehead atoms. The molecule has 0 aliphatic heterocycles. The molecule has 0 fully saturated rings. The molecule has 0 spiro atoms. The monoisotopic (exact) mass is 329 g/mol. The Balaban J connectivity index is 2.49. The van der Waals surface area contributed by atoms with E-state index in [1.165, 1.54) is 0 Å². The molecule has 0 radical (unpaired) electrons. The Morgan fingerprint density at radius 3 is 2.50 bits per heavy atom. The standard InChI is InChI=1S/C12H9BrClNO3/c1-6(13)9-10(12(16)17)18-11(15-9)7-2-4-8(14)5-3-7/h2-6H,1H3,(H,16,17). The summed E-state index contributed by atoms with van der Waals surface area (Å²) >= 11 is 9.08. The molecule has 1 N–H and O–H groups in total. The molecule has 0 amide bonds. The quantitative estimate of drug-likeness (QED) is 0.859. The fourth-order valence-electron chi connectivity index (χ4n) is 1.47. The average molecular weight is 331 g/mol. The average Bonchev–Trinajstić information content (AvgIpc) is 2.75. The predicted molar refractivity (Wildman–Crippen MR) is 71.3 cm³/mol. The van der Waals surface area contributed by atoms with E-state index in [1.807, 2.05) is 0 Å². The maximum atomic E-state index is 11.0. The van der Waals surface area contributed by atoms with Gasteiger partial charge in [0.25, 0.3) is 0 Å². The number of carboxylic acid groups (broad SMARTS) is 1. The number of nitrogens with zero attached hydrogens (tertiary/aromatic N) is 1. The number of rotatable bonds is 3. The fourth-order valence-corrected chi connectivity index (χ4v) is 1.91. The maximum absolute atomic E-state index is 11.0. The number of aromatic carboxylic acids is 1. The van der Waals surface area contributed by atoms with E-state index in [2.05, 4.69) is 20.9 Å². The minimum atomic E-state index is -1.14. The lowest BCUT2D eigenvalue weighted by molar-refractivity contribution is 0.0662. The Kier molecular flexibility index (Phi) is 3.73. The summed E-state index contributed by atoms with van der Waals surface area (Å²) < 4.78 is 5.28. The highest BCUT2D eigenvalue weighted by Gasteiger charge is 2.23. The number of halogens is 2. The third-order valence-corrected chi connectivity index (χ3v) is 3.00. The Labute approximate surface area is 117 Å². The smallest absolute Gasteiger partial charge is 0.373 e. The lowest BCUT2D eigenvalue weighted by Crippen LogP contribution is -1.99. The Hall–Kier alpha value is -1.33. The number of carboxylic acids is 1. The van der Waals surface area contributed by atoms with Crippen molar-refractivity contribution in [1.82, 2.24) is 4.98 Å². The molecule has 94 valence electrons. The van der Waals surface area contributed by atoms with Crippen molar-refractivity contribution in [3.63, 3.8) is 0 Å². The van der Waals surface area contributed by atoms with E-state index in [0.29, 0.717) is 16.3 Å². The van der Waals surface area contributed by atoms with Crippen LogP contribution in [-0.2, 0) is 0 Å². The highest BCUT2D eigenvalue weighted by Crippen LogP contribution is 2.30. The van der Waals surface area contributed by atoms with Crippen molar-refractivity contribution in [2.75, 3.05) is 0 Å². The van der Waals surface area contributed by atoms with Gasteiger partial charge in [-0.25, -0.2) is 9.78 Å². The van der Waals surface area contributed by atoms with Gasteiger partial charge in [-0.15, -0.1) is 0 Å². The van der Waals surface area contributed by atoms with Crippen LogP contribution in [0.1, 0.15) is 28.0 Å². The molecule has 1 aromatic carbocycles. The number of alkyl halides is 1. The minimum absolute atomic E-state index is 0.149. The van der Waals surface area contributed by atoms with Gasteiger partial charge in [0, 0.05) is 10.6 Å². The van der Waals surface area contributed by atoms with Crippen molar-refractivity contribution in [2.24, 2.45) is 0 Å². The first-order valence-electron chi connectivity index (χ1n) is 5.13. The fraction of sp³-hybridized carbons (Fsp3) is 0.167. The zero-order chi connectivity index (χ0) is 13.3. The lowest BCUT2D eigenvalue weighted by atomic mass is 10.2. The van der Waals surface area contributed by atoms with Gasteiger partial charge in [0.05, 0.1) is 4.83 Å². The van der Waals surface area contributed by atoms with Crippen LogP contribution in [0, 0.1) is 0 Å². The number of benzene rings is 1. The van der Waals surface area contributed by atoms with Gasteiger partial charge in [-0.05, 0) is 31.2 Å². The van der Waals surface area contributed by atoms with Crippen molar-refractivity contribution in [2.45, 2.75) is 11.8 Å². The van der Waals surface area contributed by atoms with E-state index in [-0.39, 0.29) is 16.5 Å². The molecule has 0 saturated heterocycles. The summed E-state index contributed by atoms with van der Waals surface area (Å²) in [6, 6.07) is 6.84. The molecule has 1 heterocycles. The van der Waals surface area contributed by atoms with Crippen LogP contribution in [0.4, 0.5) is 0 Å². The summed E-state index contributed by atoms with van der Waals surface area (Å²) in [5, 5.41) is 9.64. The Bertz CT molecular complexity index is 578. The van der Waals surface area contributed by atoms with E-state index in [9.17, 15) is 4.79 Å².